The molecule has 0 bridgehead atoms. The summed E-state index contributed by atoms with van der Waals surface area (Å²) in [6.45, 7) is 1.61. The number of halogens is 5. The lowest BCUT2D eigenvalue weighted by molar-refractivity contribution is -0.137. The molecule has 140 valence electrons. The molecule has 1 aromatic heterocycles. The number of carbonyl (C=O) groups is 1. The highest BCUT2D eigenvalue weighted by Crippen LogP contribution is 2.34. The third kappa shape index (κ3) is 4.11. The van der Waals surface area contributed by atoms with Gasteiger partial charge in [-0.2, -0.15) is 18.3 Å². The third-order valence-electron chi connectivity index (χ3n) is 3.66. The predicted molar refractivity (Wildman–Crippen MR) is 92.7 cm³/mol. The molecular formula is C18H12ClF4N3O. The molecule has 0 saturated carbocycles. The van der Waals surface area contributed by atoms with E-state index >= 15 is 0 Å². The molecule has 9 heteroatoms. The van der Waals surface area contributed by atoms with Crippen molar-refractivity contribution in [1.82, 2.24) is 9.78 Å². The maximum atomic E-state index is 13.3. The molecule has 1 amide bonds. The first-order valence-electron chi connectivity index (χ1n) is 7.66. The van der Waals surface area contributed by atoms with E-state index in [0.29, 0.717) is 5.69 Å². The molecule has 0 aliphatic carbocycles. The standard InChI is InChI=1S/C18H12ClF4N3O/c1-10-7-16(24-17(27)11-3-2-4-13(20)8-11)26(25-10)15-9-12(18(21,22)23)5-6-14(15)19/h2-9H,1H3,(H,24,27). The molecule has 0 radical (unpaired) electrons. The number of aromatic nitrogens is 2. The van der Waals surface area contributed by atoms with Crippen LogP contribution < -0.4 is 5.32 Å². The second-order valence-electron chi connectivity index (χ2n) is 5.71. The molecule has 0 aliphatic rings. The van der Waals surface area contributed by atoms with Crippen LogP contribution in [0, 0.1) is 12.7 Å². The molecule has 4 nitrogen and oxygen atoms in total. The normalized spacial score (nSPS) is 11.5. The van der Waals surface area contributed by atoms with Gasteiger partial charge >= 0.3 is 6.18 Å². The number of anilines is 1. The van der Waals surface area contributed by atoms with Gasteiger partial charge in [-0.15, -0.1) is 0 Å². The number of carbonyl (C=O) groups excluding carboxylic acids is 1. The van der Waals surface area contributed by atoms with Crippen molar-refractivity contribution in [2.45, 2.75) is 13.1 Å². The summed E-state index contributed by atoms with van der Waals surface area (Å²) in [5, 5.41) is 6.64. The molecule has 1 N–H and O–H groups in total. The van der Waals surface area contributed by atoms with Crippen molar-refractivity contribution in [2.75, 3.05) is 5.32 Å². The molecule has 0 atom stereocenters. The third-order valence-corrected chi connectivity index (χ3v) is 3.98. The molecule has 2 aromatic carbocycles. The molecule has 0 aliphatic heterocycles. The largest absolute Gasteiger partial charge is 0.416 e. The van der Waals surface area contributed by atoms with Crippen molar-refractivity contribution in [2.24, 2.45) is 0 Å². The molecular weight excluding hydrogens is 386 g/mol. The Hall–Kier alpha value is -2.87. The second-order valence-corrected chi connectivity index (χ2v) is 6.12. The summed E-state index contributed by atoms with van der Waals surface area (Å²) in [6.07, 6.45) is -4.56. The fraction of sp³-hybridized carbons (Fsp3) is 0.111. The first kappa shape index (κ1) is 18.9. The lowest BCUT2D eigenvalue weighted by Gasteiger charge is -2.13. The number of hydrogen-bond donors (Lipinski definition) is 1. The summed E-state index contributed by atoms with van der Waals surface area (Å²) in [5.74, 6) is -1.13. The molecule has 0 saturated heterocycles. The fourth-order valence-corrected chi connectivity index (χ4v) is 2.64. The van der Waals surface area contributed by atoms with Crippen LogP contribution in [0.4, 0.5) is 23.4 Å². The first-order valence-corrected chi connectivity index (χ1v) is 8.03. The maximum Gasteiger partial charge on any atom is 0.416 e. The minimum Gasteiger partial charge on any atom is -0.306 e. The first-order chi connectivity index (χ1) is 12.6. The zero-order valence-electron chi connectivity index (χ0n) is 13.8. The molecule has 3 aromatic rings. The van der Waals surface area contributed by atoms with Gasteiger partial charge in [-0.25, -0.2) is 9.07 Å². The molecule has 1 heterocycles. The molecule has 0 spiro atoms. The van der Waals surface area contributed by atoms with Crippen LogP contribution >= 0.6 is 11.6 Å². The minimum atomic E-state index is -4.56. The van der Waals surface area contributed by atoms with Gasteiger partial charge < -0.3 is 5.32 Å². The van der Waals surface area contributed by atoms with E-state index in [4.69, 9.17) is 11.6 Å². The number of nitrogens with zero attached hydrogens (tertiary/aromatic N) is 2. The van der Waals surface area contributed by atoms with Crippen LogP contribution in [-0.2, 0) is 6.18 Å². The van der Waals surface area contributed by atoms with E-state index in [1.165, 1.54) is 24.3 Å². The number of aryl methyl sites for hydroxylation is 1. The van der Waals surface area contributed by atoms with E-state index in [1.807, 2.05) is 0 Å². The number of hydrogen-bond acceptors (Lipinski definition) is 2. The highest BCUT2D eigenvalue weighted by Gasteiger charge is 2.31. The highest BCUT2D eigenvalue weighted by molar-refractivity contribution is 6.32. The lowest BCUT2D eigenvalue weighted by atomic mass is 10.2. The summed E-state index contributed by atoms with van der Waals surface area (Å²) in [6, 6.07) is 9.27. The summed E-state index contributed by atoms with van der Waals surface area (Å²) in [7, 11) is 0. The van der Waals surface area contributed by atoms with Crippen LogP contribution in [0.2, 0.25) is 5.02 Å². The Labute approximate surface area is 156 Å². The highest BCUT2D eigenvalue weighted by atomic mass is 35.5. The Kier molecular flexibility index (Phi) is 4.93. The molecule has 0 unspecified atom stereocenters. The van der Waals surface area contributed by atoms with Crippen LogP contribution in [0.15, 0.2) is 48.5 Å². The predicted octanol–water partition coefficient (Wildman–Crippen LogP) is 5.24. The van der Waals surface area contributed by atoms with Crippen molar-refractivity contribution < 1.29 is 22.4 Å². The van der Waals surface area contributed by atoms with Crippen LogP contribution in [0.25, 0.3) is 5.69 Å². The zero-order chi connectivity index (χ0) is 19.8. The summed E-state index contributed by atoms with van der Waals surface area (Å²) in [5.41, 5.74) is -0.458. The summed E-state index contributed by atoms with van der Waals surface area (Å²) < 4.78 is 53.4. The number of amides is 1. The Morgan fingerprint density at radius 1 is 1.15 bits per heavy atom. The second kappa shape index (κ2) is 7.03. The number of rotatable bonds is 3. The fourth-order valence-electron chi connectivity index (χ4n) is 2.44. The summed E-state index contributed by atoms with van der Waals surface area (Å²) >= 11 is 6.05. The Morgan fingerprint density at radius 2 is 1.89 bits per heavy atom. The van der Waals surface area contributed by atoms with Gasteiger partial charge in [0.1, 0.15) is 11.6 Å². The van der Waals surface area contributed by atoms with Gasteiger partial charge in [0.15, 0.2) is 0 Å². The van der Waals surface area contributed by atoms with Crippen molar-refractivity contribution in [3.63, 3.8) is 0 Å². The average molecular weight is 398 g/mol. The quantitative estimate of drug-likeness (QED) is 0.614. The minimum absolute atomic E-state index is 0.0207. The van der Waals surface area contributed by atoms with Gasteiger partial charge in [-0.1, -0.05) is 17.7 Å². The van der Waals surface area contributed by atoms with Gasteiger partial charge in [0.25, 0.3) is 5.91 Å². The Morgan fingerprint density at radius 3 is 2.56 bits per heavy atom. The molecule has 0 fully saturated rings. The van der Waals surface area contributed by atoms with Crippen LogP contribution in [0.5, 0.6) is 0 Å². The monoisotopic (exact) mass is 397 g/mol. The van der Waals surface area contributed by atoms with Crippen molar-refractivity contribution in [1.29, 1.82) is 0 Å². The molecule has 27 heavy (non-hydrogen) atoms. The van der Waals surface area contributed by atoms with Gasteiger partial charge in [0, 0.05) is 11.6 Å². The van der Waals surface area contributed by atoms with E-state index in [-0.39, 0.29) is 22.1 Å². The van der Waals surface area contributed by atoms with E-state index in [0.717, 1.165) is 28.9 Å². The number of nitrogens with one attached hydrogen (secondary N) is 1. The van der Waals surface area contributed by atoms with Gasteiger partial charge in [0.05, 0.1) is 22.0 Å². The maximum absolute atomic E-state index is 13.3. The lowest BCUT2D eigenvalue weighted by Crippen LogP contribution is -2.16. The Bertz CT molecular complexity index is 1010. The number of alkyl halides is 3. The van der Waals surface area contributed by atoms with Crippen LogP contribution in [0.1, 0.15) is 21.6 Å². The molecule has 3 rings (SSSR count). The van der Waals surface area contributed by atoms with Gasteiger partial charge in [-0.05, 0) is 43.3 Å². The van der Waals surface area contributed by atoms with E-state index < -0.39 is 23.5 Å². The number of benzene rings is 2. The smallest absolute Gasteiger partial charge is 0.306 e. The van der Waals surface area contributed by atoms with Crippen LogP contribution in [-0.4, -0.2) is 15.7 Å². The van der Waals surface area contributed by atoms with Gasteiger partial charge in [-0.3, -0.25) is 4.79 Å². The van der Waals surface area contributed by atoms with Crippen molar-refractivity contribution in [3.05, 3.63) is 76.2 Å². The van der Waals surface area contributed by atoms with Crippen LogP contribution in [0.3, 0.4) is 0 Å². The average Bonchev–Trinajstić information content (AvgIpc) is 2.94. The SMILES string of the molecule is Cc1cc(NC(=O)c2cccc(F)c2)n(-c2cc(C(F)(F)F)ccc2Cl)n1. The Balaban J connectivity index is 2.01. The van der Waals surface area contributed by atoms with Crippen molar-refractivity contribution >= 4 is 23.3 Å². The van der Waals surface area contributed by atoms with E-state index in [9.17, 15) is 22.4 Å². The zero-order valence-corrected chi connectivity index (χ0v) is 14.6. The van der Waals surface area contributed by atoms with Gasteiger partial charge in [0.2, 0.25) is 0 Å². The summed E-state index contributed by atoms with van der Waals surface area (Å²) in [4.78, 5) is 12.3. The van der Waals surface area contributed by atoms with E-state index in [2.05, 4.69) is 10.4 Å². The van der Waals surface area contributed by atoms with Crippen molar-refractivity contribution in [3.8, 4) is 5.69 Å². The van der Waals surface area contributed by atoms with E-state index in [1.54, 1.807) is 6.92 Å². The topological polar surface area (TPSA) is 46.9 Å².